The summed E-state index contributed by atoms with van der Waals surface area (Å²) in [5, 5.41) is 8.93. The molecule has 0 aliphatic rings. The molecule has 0 fully saturated rings. The number of hydrogen-bond acceptors (Lipinski definition) is 4. The van der Waals surface area contributed by atoms with Crippen molar-refractivity contribution in [2.75, 3.05) is 23.9 Å². The zero-order chi connectivity index (χ0) is 13.0. The summed E-state index contributed by atoms with van der Waals surface area (Å²) in [6, 6.07) is 2.14. The normalized spacial score (nSPS) is 11.1. The highest BCUT2D eigenvalue weighted by Crippen LogP contribution is 2.19. The summed E-state index contributed by atoms with van der Waals surface area (Å²) in [5.74, 6) is 1.24. The van der Waals surface area contributed by atoms with E-state index in [1.165, 1.54) is 18.6 Å². The number of pyridine rings is 1. The minimum atomic E-state index is 0.945. The van der Waals surface area contributed by atoms with E-state index in [-0.39, 0.29) is 0 Å². The van der Waals surface area contributed by atoms with Gasteiger partial charge in [-0.3, -0.25) is 4.68 Å². The van der Waals surface area contributed by atoms with Gasteiger partial charge in [0.25, 0.3) is 0 Å². The standard InChI is InChI=1S/C13H20N4S/c1-10-12-8-11(14-6-4-5-7-18-3)9-15-13(12)17(2)16-10/h8-9,14H,4-7H2,1-3H3. The summed E-state index contributed by atoms with van der Waals surface area (Å²) in [6.45, 7) is 3.03. The molecule has 4 nitrogen and oxygen atoms in total. The first-order chi connectivity index (χ1) is 8.72. The monoisotopic (exact) mass is 264 g/mol. The molecule has 2 rings (SSSR count). The molecule has 0 saturated carbocycles. The fourth-order valence-corrected chi connectivity index (χ4v) is 2.50. The van der Waals surface area contributed by atoms with Gasteiger partial charge in [0.2, 0.25) is 0 Å². The van der Waals surface area contributed by atoms with E-state index < -0.39 is 0 Å². The van der Waals surface area contributed by atoms with E-state index in [1.54, 1.807) is 0 Å². The molecular weight excluding hydrogens is 244 g/mol. The Morgan fingerprint density at radius 2 is 2.22 bits per heavy atom. The lowest BCUT2D eigenvalue weighted by molar-refractivity contribution is 0.774. The van der Waals surface area contributed by atoms with Gasteiger partial charge >= 0.3 is 0 Å². The summed E-state index contributed by atoms with van der Waals surface area (Å²) < 4.78 is 1.83. The van der Waals surface area contributed by atoms with E-state index in [1.807, 2.05) is 36.6 Å². The van der Waals surface area contributed by atoms with Crippen molar-refractivity contribution in [1.29, 1.82) is 0 Å². The average molecular weight is 264 g/mol. The second kappa shape index (κ2) is 6.09. The van der Waals surface area contributed by atoms with Crippen molar-refractivity contribution in [2.45, 2.75) is 19.8 Å². The molecule has 0 aliphatic heterocycles. The Kier molecular flexibility index (Phi) is 4.47. The number of thioether (sulfide) groups is 1. The van der Waals surface area contributed by atoms with Gasteiger partial charge in [-0.15, -0.1) is 0 Å². The van der Waals surface area contributed by atoms with Crippen LogP contribution >= 0.6 is 11.8 Å². The highest BCUT2D eigenvalue weighted by molar-refractivity contribution is 7.98. The Bertz CT molecular complexity index is 521. The van der Waals surface area contributed by atoms with E-state index in [0.29, 0.717) is 0 Å². The van der Waals surface area contributed by atoms with Crippen LogP contribution in [0.15, 0.2) is 12.3 Å². The summed E-state index contributed by atoms with van der Waals surface area (Å²) in [6.07, 6.45) is 6.50. The van der Waals surface area contributed by atoms with Crippen LogP contribution in [0.2, 0.25) is 0 Å². The third-order valence-electron chi connectivity index (χ3n) is 2.97. The maximum absolute atomic E-state index is 4.45. The van der Waals surface area contributed by atoms with Crippen LogP contribution in [-0.2, 0) is 7.05 Å². The number of nitrogens with one attached hydrogen (secondary N) is 1. The fourth-order valence-electron chi connectivity index (χ4n) is 2.01. The van der Waals surface area contributed by atoms with Gasteiger partial charge in [-0.1, -0.05) is 0 Å². The molecule has 0 unspecified atom stereocenters. The van der Waals surface area contributed by atoms with Crippen molar-refractivity contribution in [3.05, 3.63) is 18.0 Å². The summed E-state index contributed by atoms with van der Waals surface area (Å²) in [7, 11) is 1.93. The maximum atomic E-state index is 4.45. The number of fused-ring (bicyclic) bond motifs is 1. The van der Waals surface area contributed by atoms with Gasteiger partial charge in [0.15, 0.2) is 5.65 Å². The second-order valence-corrected chi connectivity index (χ2v) is 5.42. The largest absolute Gasteiger partial charge is 0.384 e. The molecule has 0 aliphatic carbocycles. The van der Waals surface area contributed by atoms with Crippen molar-refractivity contribution in [3.8, 4) is 0 Å². The minimum absolute atomic E-state index is 0.945. The second-order valence-electron chi connectivity index (χ2n) is 4.43. The maximum Gasteiger partial charge on any atom is 0.157 e. The molecule has 0 atom stereocenters. The van der Waals surface area contributed by atoms with Gasteiger partial charge in [0.1, 0.15) is 0 Å². The molecule has 0 radical (unpaired) electrons. The molecule has 98 valence electrons. The third-order valence-corrected chi connectivity index (χ3v) is 3.66. The predicted octanol–water partition coefficient (Wildman–Crippen LogP) is 2.83. The lowest BCUT2D eigenvalue weighted by atomic mass is 10.2. The van der Waals surface area contributed by atoms with Gasteiger partial charge in [0.05, 0.1) is 17.6 Å². The molecule has 2 aromatic heterocycles. The Balaban J connectivity index is 1.99. The molecule has 0 saturated heterocycles. The molecule has 0 bridgehead atoms. The Morgan fingerprint density at radius 1 is 1.39 bits per heavy atom. The van der Waals surface area contributed by atoms with Crippen molar-refractivity contribution >= 4 is 28.5 Å². The molecule has 2 heterocycles. The van der Waals surface area contributed by atoms with Crippen LogP contribution in [0.1, 0.15) is 18.5 Å². The summed E-state index contributed by atoms with van der Waals surface area (Å²) in [4.78, 5) is 4.45. The quantitative estimate of drug-likeness (QED) is 0.815. The first-order valence-corrected chi connectivity index (χ1v) is 7.64. The molecule has 1 N–H and O–H groups in total. The summed E-state index contributed by atoms with van der Waals surface area (Å²) >= 11 is 1.90. The van der Waals surface area contributed by atoms with Gasteiger partial charge < -0.3 is 5.32 Å². The van der Waals surface area contributed by atoms with Crippen LogP contribution in [-0.4, -0.2) is 33.3 Å². The average Bonchev–Trinajstić information content (AvgIpc) is 2.65. The van der Waals surface area contributed by atoms with Crippen molar-refractivity contribution < 1.29 is 0 Å². The number of nitrogens with zero attached hydrogens (tertiary/aromatic N) is 3. The molecule has 0 amide bonds. The smallest absolute Gasteiger partial charge is 0.157 e. The number of hydrogen-bond donors (Lipinski definition) is 1. The van der Waals surface area contributed by atoms with Crippen molar-refractivity contribution in [2.24, 2.45) is 7.05 Å². The first kappa shape index (κ1) is 13.2. The molecular formula is C13H20N4S. The van der Waals surface area contributed by atoms with Crippen LogP contribution < -0.4 is 5.32 Å². The molecule has 5 heteroatoms. The van der Waals surface area contributed by atoms with Crippen LogP contribution in [0.5, 0.6) is 0 Å². The van der Waals surface area contributed by atoms with E-state index in [2.05, 4.69) is 27.7 Å². The highest BCUT2D eigenvalue weighted by Gasteiger charge is 2.06. The minimum Gasteiger partial charge on any atom is -0.384 e. The number of aromatic nitrogens is 3. The van der Waals surface area contributed by atoms with E-state index in [9.17, 15) is 0 Å². The third kappa shape index (κ3) is 2.96. The molecule has 0 spiro atoms. The zero-order valence-corrected chi connectivity index (χ0v) is 12.0. The lowest BCUT2D eigenvalue weighted by Gasteiger charge is -2.05. The fraction of sp³-hybridized carbons (Fsp3) is 0.538. The molecule has 0 aromatic carbocycles. The zero-order valence-electron chi connectivity index (χ0n) is 11.2. The van der Waals surface area contributed by atoms with Crippen LogP contribution in [0, 0.1) is 6.92 Å². The lowest BCUT2D eigenvalue weighted by Crippen LogP contribution is -2.02. The topological polar surface area (TPSA) is 42.7 Å². The van der Waals surface area contributed by atoms with Crippen molar-refractivity contribution in [3.63, 3.8) is 0 Å². The van der Waals surface area contributed by atoms with Gasteiger partial charge in [-0.2, -0.15) is 16.9 Å². The van der Waals surface area contributed by atoms with Gasteiger partial charge in [0, 0.05) is 19.0 Å². The van der Waals surface area contributed by atoms with Crippen LogP contribution in [0.25, 0.3) is 11.0 Å². The van der Waals surface area contributed by atoms with Crippen LogP contribution in [0.3, 0.4) is 0 Å². The highest BCUT2D eigenvalue weighted by atomic mass is 32.2. The first-order valence-electron chi connectivity index (χ1n) is 6.24. The van der Waals surface area contributed by atoms with E-state index in [4.69, 9.17) is 0 Å². The van der Waals surface area contributed by atoms with E-state index >= 15 is 0 Å². The molecule has 18 heavy (non-hydrogen) atoms. The number of anilines is 1. The SMILES string of the molecule is CSCCCCNc1cnc2c(c1)c(C)nn2C. The van der Waals surface area contributed by atoms with Gasteiger partial charge in [-0.25, -0.2) is 4.98 Å². The van der Waals surface area contributed by atoms with Gasteiger partial charge in [-0.05, 0) is 37.8 Å². The van der Waals surface area contributed by atoms with Crippen molar-refractivity contribution in [1.82, 2.24) is 14.8 Å². The Labute approximate surface area is 112 Å². The number of aryl methyl sites for hydroxylation is 2. The van der Waals surface area contributed by atoms with E-state index in [0.717, 1.165) is 29.0 Å². The summed E-state index contributed by atoms with van der Waals surface area (Å²) in [5.41, 5.74) is 3.06. The predicted molar refractivity (Wildman–Crippen MR) is 79.4 cm³/mol. The number of rotatable bonds is 6. The Hall–Kier alpha value is -1.23. The molecule has 2 aromatic rings. The van der Waals surface area contributed by atoms with Crippen LogP contribution in [0.4, 0.5) is 5.69 Å². The number of unbranched alkanes of at least 4 members (excludes halogenated alkanes) is 1. The Morgan fingerprint density at radius 3 is 3.00 bits per heavy atom.